The van der Waals surface area contributed by atoms with Gasteiger partial charge < -0.3 is 29.2 Å². The Morgan fingerprint density at radius 3 is 2.06 bits per heavy atom. The van der Waals surface area contributed by atoms with Crippen molar-refractivity contribution in [3.05, 3.63) is 47.7 Å². The number of nitrogens with zero attached hydrogens (tertiary/aromatic N) is 3. The van der Waals surface area contributed by atoms with E-state index in [4.69, 9.17) is 18.9 Å². The summed E-state index contributed by atoms with van der Waals surface area (Å²) in [5, 5.41) is 16.6. The predicted octanol–water partition coefficient (Wildman–Crippen LogP) is 4.26. The number of rotatable bonds is 7. The van der Waals surface area contributed by atoms with Crippen LogP contribution >= 0.6 is 0 Å². The topological polar surface area (TPSA) is 106 Å². The Labute approximate surface area is 187 Å². The van der Waals surface area contributed by atoms with Gasteiger partial charge in [-0.2, -0.15) is 14.9 Å². The fourth-order valence-corrected chi connectivity index (χ4v) is 3.52. The number of imidazole rings is 1. The quantitative estimate of drug-likeness (QED) is 0.429. The molecule has 0 atom stereocenters. The molecule has 33 heavy (non-hydrogen) atoms. The van der Waals surface area contributed by atoms with Crippen LogP contribution < -0.4 is 24.3 Å². The number of aromatic nitrogens is 3. The molecule has 0 aliphatic carbocycles. The molecule has 0 bridgehead atoms. The molecule has 0 unspecified atom stereocenters. The normalized spacial score (nSPS) is 10.7. The van der Waals surface area contributed by atoms with E-state index in [9.17, 15) is 14.0 Å². The number of aromatic amines is 1. The van der Waals surface area contributed by atoms with Crippen LogP contribution in [0.1, 0.15) is 5.56 Å². The van der Waals surface area contributed by atoms with Gasteiger partial charge in [-0.05, 0) is 12.1 Å². The molecule has 2 aromatic carbocycles. The number of ether oxygens (including phenoxy) is 4. The Morgan fingerprint density at radius 1 is 0.939 bits per heavy atom. The number of anilines is 2. The van der Waals surface area contributed by atoms with Crippen LogP contribution in [0.4, 0.5) is 20.3 Å². The molecule has 0 fully saturated rings. The van der Waals surface area contributed by atoms with Crippen LogP contribution in [0.15, 0.2) is 30.5 Å². The van der Waals surface area contributed by atoms with Crippen LogP contribution in [-0.2, 0) is 0 Å². The van der Waals surface area contributed by atoms with Crippen LogP contribution in [0.2, 0.25) is 0 Å². The lowest BCUT2D eigenvalue weighted by Gasteiger charge is -2.15. The van der Waals surface area contributed by atoms with E-state index in [1.54, 1.807) is 12.1 Å². The summed E-state index contributed by atoms with van der Waals surface area (Å²) in [5.74, 6) is -0.732. The number of benzene rings is 2. The lowest BCUT2D eigenvalue weighted by molar-refractivity contribution is 0.324. The Balaban J connectivity index is 1.93. The summed E-state index contributed by atoms with van der Waals surface area (Å²) in [4.78, 5) is 3.14. The summed E-state index contributed by atoms with van der Waals surface area (Å²) in [5.41, 5.74) is 1.82. The van der Waals surface area contributed by atoms with Gasteiger partial charge in [-0.3, -0.25) is 0 Å². The van der Waals surface area contributed by atoms with E-state index in [1.807, 2.05) is 0 Å². The zero-order chi connectivity index (χ0) is 23.7. The van der Waals surface area contributed by atoms with Gasteiger partial charge in [-0.25, -0.2) is 8.78 Å². The Kier molecular flexibility index (Phi) is 5.66. The van der Waals surface area contributed by atoms with Crippen LogP contribution in [0.5, 0.6) is 23.0 Å². The standard InChI is InChI=1S/C22H19F2N5O4/c1-30-16-5-11(6-17(31-2)20(16)33-4)18-22(29-21(28-18)12(9-25)10-26-29)27-13-7-14(23)19(32-3)15(24)8-13/h5-8,10,27-28H,1-4H3. The Hall–Kier alpha value is -4.46. The first-order valence-corrected chi connectivity index (χ1v) is 9.55. The smallest absolute Gasteiger partial charge is 0.203 e. The minimum absolute atomic E-state index is 0.106. The van der Waals surface area contributed by atoms with E-state index >= 15 is 0 Å². The van der Waals surface area contributed by atoms with Gasteiger partial charge >= 0.3 is 0 Å². The number of nitriles is 1. The minimum atomic E-state index is -0.876. The summed E-state index contributed by atoms with van der Waals surface area (Å²) in [6.45, 7) is 0. The van der Waals surface area contributed by atoms with E-state index in [1.165, 1.54) is 39.2 Å². The molecule has 0 radical (unpaired) electrons. The Bertz CT molecular complexity index is 1340. The zero-order valence-electron chi connectivity index (χ0n) is 18.1. The van der Waals surface area contributed by atoms with Crippen molar-refractivity contribution in [3.8, 4) is 40.3 Å². The number of methoxy groups -OCH3 is 4. The third-order valence-corrected chi connectivity index (χ3v) is 5.00. The van der Waals surface area contributed by atoms with E-state index in [0.717, 1.165) is 12.1 Å². The fourth-order valence-electron chi connectivity index (χ4n) is 3.52. The molecule has 0 amide bonds. The highest BCUT2D eigenvalue weighted by Crippen LogP contribution is 2.43. The van der Waals surface area contributed by atoms with Gasteiger partial charge in [-0.15, -0.1) is 0 Å². The third-order valence-electron chi connectivity index (χ3n) is 5.00. The van der Waals surface area contributed by atoms with Crippen molar-refractivity contribution in [2.75, 3.05) is 33.8 Å². The molecule has 11 heteroatoms. The average Bonchev–Trinajstić information content (AvgIpc) is 3.37. The van der Waals surface area contributed by atoms with Gasteiger partial charge in [-0.1, -0.05) is 0 Å². The molecular formula is C22H19F2N5O4. The highest BCUT2D eigenvalue weighted by molar-refractivity contribution is 5.83. The molecule has 2 aromatic heterocycles. The lowest BCUT2D eigenvalue weighted by atomic mass is 10.1. The molecule has 9 nitrogen and oxygen atoms in total. The van der Waals surface area contributed by atoms with Gasteiger partial charge in [0.2, 0.25) is 5.75 Å². The number of nitrogens with one attached hydrogen (secondary N) is 2. The van der Waals surface area contributed by atoms with E-state index in [2.05, 4.69) is 21.5 Å². The van der Waals surface area contributed by atoms with Crippen molar-refractivity contribution in [2.45, 2.75) is 0 Å². The number of fused-ring (bicyclic) bond motifs is 1. The molecule has 4 aromatic rings. The first-order valence-electron chi connectivity index (χ1n) is 9.55. The monoisotopic (exact) mass is 455 g/mol. The fraction of sp³-hybridized carbons (Fsp3) is 0.182. The summed E-state index contributed by atoms with van der Waals surface area (Å²) < 4.78 is 51.0. The van der Waals surface area contributed by atoms with Crippen molar-refractivity contribution in [1.82, 2.24) is 14.6 Å². The SMILES string of the molecule is COc1cc(-c2[nH]c3c(C#N)cnn3c2Nc2cc(F)c(OC)c(F)c2)cc(OC)c1OC. The number of hydrogen-bond donors (Lipinski definition) is 2. The second-order valence-electron chi connectivity index (χ2n) is 6.79. The predicted molar refractivity (Wildman–Crippen MR) is 116 cm³/mol. The van der Waals surface area contributed by atoms with Crippen molar-refractivity contribution in [2.24, 2.45) is 0 Å². The largest absolute Gasteiger partial charge is 0.493 e. The second-order valence-corrected chi connectivity index (χ2v) is 6.79. The number of H-pyrrole nitrogens is 1. The van der Waals surface area contributed by atoms with Gasteiger partial charge in [0.25, 0.3) is 0 Å². The molecule has 170 valence electrons. The first-order chi connectivity index (χ1) is 15.9. The van der Waals surface area contributed by atoms with Crippen LogP contribution in [0.3, 0.4) is 0 Å². The average molecular weight is 455 g/mol. The minimum Gasteiger partial charge on any atom is -0.493 e. The lowest BCUT2D eigenvalue weighted by Crippen LogP contribution is -2.01. The number of halogens is 2. The van der Waals surface area contributed by atoms with Crippen molar-refractivity contribution in [3.63, 3.8) is 0 Å². The molecule has 0 saturated carbocycles. The molecule has 2 heterocycles. The molecule has 0 spiro atoms. The maximum absolute atomic E-state index is 14.3. The van der Waals surface area contributed by atoms with Gasteiger partial charge in [0.05, 0.1) is 40.3 Å². The maximum Gasteiger partial charge on any atom is 0.203 e. The van der Waals surface area contributed by atoms with Crippen LogP contribution in [0, 0.1) is 23.0 Å². The maximum atomic E-state index is 14.3. The van der Waals surface area contributed by atoms with Crippen molar-refractivity contribution >= 4 is 17.2 Å². The summed E-state index contributed by atoms with van der Waals surface area (Å²) >= 11 is 0. The van der Waals surface area contributed by atoms with E-state index < -0.39 is 17.4 Å². The van der Waals surface area contributed by atoms with Gasteiger partial charge in [0, 0.05) is 23.4 Å². The molecule has 2 N–H and O–H groups in total. The van der Waals surface area contributed by atoms with E-state index in [-0.39, 0.29) is 11.3 Å². The van der Waals surface area contributed by atoms with Crippen molar-refractivity contribution in [1.29, 1.82) is 5.26 Å². The van der Waals surface area contributed by atoms with Gasteiger partial charge in [0.15, 0.2) is 40.3 Å². The Morgan fingerprint density at radius 2 is 1.55 bits per heavy atom. The van der Waals surface area contributed by atoms with Gasteiger partial charge in [0.1, 0.15) is 11.6 Å². The molecule has 0 saturated heterocycles. The van der Waals surface area contributed by atoms with Crippen molar-refractivity contribution < 1.29 is 27.7 Å². The molecule has 0 aliphatic heterocycles. The number of hydrogen-bond acceptors (Lipinski definition) is 7. The molecule has 0 aliphatic rings. The zero-order valence-corrected chi connectivity index (χ0v) is 18.1. The molecular weight excluding hydrogens is 436 g/mol. The summed E-state index contributed by atoms with van der Waals surface area (Å²) in [6, 6.07) is 7.62. The van der Waals surface area contributed by atoms with Crippen LogP contribution in [-0.4, -0.2) is 43.0 Å². The third kappa shape index (κ3) is 3.61. The summed E-state index contributed by atoms with van der Waals surface area (Å²) in [7, 11) is 5.64. The van der Waals surface area contributed by atoms with Crippen LogP contribution in [0.25, 0.3) is 16.9 Å². The highest BCUT2D eigenvalue weighted by atomic mass is 19.1. The second kappa shape index (κ2) is 8.58. The van der Waals surface area contributed by atoms with E-state index in [0.29, 0.717) is 40.0 Å². The first kappa shape index (κ1) is 21.8. The summed E-state index contributed by atoms with van der Waals surface area (Å²) in [6.07, 6.45) is 1.38. The highest BCUT2D eigenvalue weighted by Gasteiger charge is 2.22. The molecule has 4 rings (SSSR count).